The number of fused-ring (bicyclic) bond motifs is 1. The summed E-state index contributed by atoms with van der Waals surface area (Å²) < 4.78 is 16.0. The maximum Gasteiger partial charge on any atom is 0.345 e. The van der Waals surface area contributed by atoms with Crippen LogP contribution in [0, 0.1) is 0 Å². The normalized spacial score (nSPS) is 14.6. The monoisotopic (exact) mass is 759 g/mol. The number of rotatable bonds is 16. The number of phenolic OH excluding ortho intramolecular Hbond substituents is 1. The molecule has 1 aliphatic heterocycles. The Morgan fingerprint density at radius 2 is 1.61 bits per heavy atom. The molecule has 56 heavy (non-hydrogen) atoms. The second-order valence-corrected chi connectivity index (χ2v) is 13.8. The lowest BCUT2D eigenvalue weighted by molar-refractivity contribution is -0.131. The van der Waals surface area contributed by atoms with Crippen LogP contribution in [0.25, 0.3) is 10.8 Å². The zero-order chi connectivity index (χ0) is 39.4. The van der Waals surface area contributed by atoms with Crippen molar-refractivity contribution in [2.24, 2.45) is 0 Å². The minimum absolute atomic E-state index is 0.00786. The number of methoxy groups -OCH3 is 2. The number of aromatic hydroxyl groups is 1. The average Bonchev–Trinajstić information content (AvgIpc) is 3.23. The number of unbranched alkanes of at least 4 members (excludes halogenated alkanes) is 1. The van der Waals surface area contributed by atoms with Crippen LogP contribution < -0.4 is 14.8 Å². The van der Waals surface area contributed by atoms with Crippen molar-refractivity contribution in [2.45, 2.75) is 31.4 Å². The number of hydrogen-bond acceptors (Lipinski definition) is 10. The second-order valence-electron chi connectivity index (χ2n) is 13.8. The third-order valence-electron chi connectivity index (χ3n) is 10.1. The number of aliphatic hydroxyl groups is 2. The molecule has 6 rings (SSSR count). The topological polar surface area (TPSA) is 141 Å². The number of benzene rings is 5. The maximum absolute atomic E-state index is 13.2. The summed E-state index contributed by atoms with van der Waals surface area (Å²) in [6.07, 6.45) is 2.22. The fourth-order valence-electron chi connectivity index (χ4n) is 7.06. The standard InChI is InChI=1S/C45H49N3O8/c1-54-35-16-7-11-31(27-35)28-38(37-18-9-13-32-12-3-4-17-36(32)37)46-34-15-8-14-33(29-34)40(50)30-41(51)44(52)48-24-22-47(23-25-48)21-5-6-26-56-42-20-10-19-39(49)43(42)45(53)55-2/h3-4,7-20,27,29-30,38,40,46,49-51H,5-6,21-26,28H2,1-2H3/b41-30-. The van der Waals surface area contributed by atoms with Crippen LogP contribution >= 0.6 is 0 Å². The van der Waals surface area contributed by atoms with E-state index in [0.29, 0.717) is 44.8 Å². The number of phenols is 1. The third kappa shape index (κ3) is 9.98. The molecule has 4 N–H and O–H groups in total. The smallest absolute Gasteiger partial charge is 0.345 e. The molecule has 5 aromatic carbocycles. The highest BCUT2D eigenvalue weighted by Crippen LogP contribution is 2.32. The van der Waals surface area contributed by atoms with E-state index in [0.717, 1.165) is 52.7 Å². The Bertz CT molecular complexity index is 2140. The van der Waals surface area contributed by atoms with Gasteiger partial charge in [0.15, 0.2) is 5.76 Å². The average molecular weight is 760 g/mol. The molecule has 1 amide bonds. The Labute approximate surface area is 327 Å². The van der Waals surface area contributed by atoms with Crippen molar-refractivity contribution in [3.8, 4) is 17.2 Å². The van der Waals surface area contributed by atoms with E-state index in [9.17, 15) is 24.9 Å². The van der Waals surface area contributed by atoms with Gasteiger partial charge < -0.3 is 39.7 Å². The Balaban J connectivity index is 1.03. The Kier molecular flexibility index (Phi) is 13.5. The number of hydrogen-bond donors (Lipinski definition) is 4. The number of ether oxygens (including phenoxy) is 3. The van der Waals surface area contributed by atoms with Crippen LogP contribution in [0.5, 0.6) is 17.2 Å². The fourth-order valence-corrected chi connectivity index (χ4v) is 7.06. The predicted octanol–water partition coefficient (Wildman–Crippen LogP) is 7.22. The summed E-state index contributed by atoms with van der Waals surface area (Å²) in [7, 11) is 2.91. The molecular weight excluding hydrogens is 711 g/mol. The second kappa shape index (κ2) is 19.0. The number of carbonyl (C=O) groups excluding carboxylic acids is 2. The van der Waals surface area contributed by atoms with Crippen molar-refractivity contribution in [1.82, 2.24) is 9.80 Å². The van der Waals surface area contributed by atoms with Gasteiger partial charge in [0.05, 0.1) is 26.9 Å². The lowest BCUT2D eigenvalue weighted by Gasteiger charge is -2.34. The van der Waals surface area contributed by atoms with Crippen LogP contribution in [-0.4, -0.2) is 90.5 Å². The number of amides is 1. The van der Waals surface area contributed by atoms with Gasteiger partial charge in [-0.3, -0.25) is 9.69 Å². The van der Waals surface area contributed by atoms with Gasteiger partial charge in [-0.05, 0) is 95.7 Å². The van der Waals surface area contributed by atoms with E-state index in [-0.39, 0.29) is 23.1 Å². The first-order valence-electron chi connectivity index (χ1n) is 18.8. The molecule has 2 unspecified atom stereocenters. The number of carbonyl (C=O) groups is 2. The number of nitrogens with one attached hydrogen (secondary N) is 1. The van der Waals surface area contributed by atoms with Gasteiger partial charge in [0, 0.05) is 31.9 Å². The molecule has 11 nitrogen and oxygen atoms in total. The van der Waals surface area contributed by atoms with E-state index in [4.69, 9.17) is 14.2 Å². The number of anilines is 1. The van der Waals surface area contributed by atoms with E-state index < -0.39 is 23.7 Å². The highest BCUT2D eigenvalue weighted by atomic mass is 16.5. The molecule has 2 atom stereocenters. The molecular formula is C45H49N3O8. The Hall–Kier alpha value is -6.04. The van der Waals surface area contributed by atoms with Crippen molar-refractivity contribution in [1.29, 1.82) is 0 Å². The van der Waals surface area contributed by atoms with Gasteiger partial charge in [-0.1, -0.05) is 72.8 Å². The molecule has 1 aliphatic rings. The van der Waals surface area contributed by atoms with E-state index in [1.807, 2.05) is 48.5 Å². The Morgan fingerprint density at radius 3 is 2.41 bits per heavy atom. The van der Waals surface area contributed by atoms with Crippen molar-refractivity contribution in [2.75, 3.05) is 58.9 Å². The summed E-state index contributed by atoms with van der Waals surface area (Å²) in [5.41, 5.74) is 3.57. The third-order valence-corrected chi connectivity index (χ3v) is 10.1. The van der Waals surface area contributed by atoms with Crippen molar-refractivity contribution < 1.29 is 39.1 Å². The zero-order valence-corrected chi connectivity index (χ0v) is 31.8. The molecule has 1 heterocycles. The molecule has 0 spiro atoms. The number of esters is 1. The maximum atomic E-state index is 13.2. The minimum atomic E-state index is -1.21. The molecule has 1 fully saturated rings. The predicted molar refractivity (Wildman–Crippen MR) is 216 cm³/mol. The summed E-state index contributed by atoms with van der Waals surface area (Å²) in [6, 6.07) is 34.5. The van der Waals surface area contributed by atoms with E-state index in [1.165, 1.54) is 19.3 Å². The first-order chi connectivity index (χ1) is 27.2. The van der Waals surface area contributed by atoms with Crippen molar-refractivity contribution in [3.05, 3.63) is 143 Å². The Morgan fingerprint density at radius 1 is 0.857 bits per heavy atom. The fraction of sp³-hybridized carbons (Fsp3) is 0.289. The largest absolute Gasteiger partial charge is 0.507 e. The van der Waals surface area contributed by atoms with Gasteiger partial charge in [0.2, 0.25) is 0 Å². The van der Waals surface area contributed by atoms with Gasteiger partial charge in [-0.2, -0.15) is 0 Å². The quantitative estimate of drug-likeness (QED) is 0.0353. The van der Waals surface area contributed by atoms with Crippen molar-refractivity contribution >= 4 is 28.3 Å². The summed E-state index contributed by atoms with van der Waals surface area (Å²) in [6.45, 7) is 3.32. The molecule has 0 radical (unpaired) electrons. The van der Waals surface area contributed by atoms with Crippen LogP contribution in [0.2, 0.25) is 0 Å². The molecule has 5 aromatic rings. The number of aliphatic hydroxyl groups excluding tert-OH is 2. The molecule has 0 bridgehead atoms. The van der Waals surface area contributed by atoms with E-state index >= 15 is 0 Å². The summed E-state index contributed by atoms with van der Waals surface area (Å²) >= 11 is 0. The van der Waals surface area contributed by atoms with E-state index in [1.54, 1.807) is 30.2 Å². The van der Waals surface area contributed by atoms with Crippen LogP contribution in [0.4, 0.5) is 5.69 Å². The molecule has 11 heteroatoms. The molecule has 292 valence electrons. The zero-order valence-electron chi connectivity index (χ0n) is 31.8. The lowest BCUT2D eigenvalue weighted by atomic mass is 9.93. The first-order valence-corrected chi connectivity index (χ1v) is 18.8. The SMILES string of the molecule is COC(=O)c1c(O)cccc1OCCCCN1CCN(C(=O)/C(O)=C/C(O)c2cccc(NC(Cc3cccc(OC)c3)c3cccc4ccccc34)c2)CC1. The van der Waals surface area contributed by atoms with Gasteiger partial charge in [0.1, 0.15) is 28.9 Å². The minimum Gasteiger partial charge on any atom is -0.507 e. The van der Waals surface area contributed by atoms with Crippen LogP contribution in [0.1, 0.15) is 52.0 Å². The number of piperazine rings is 1. The summed E-state index contributed by atoms with van der Waals surface area (Å²) in [4.78, 5) is 29.1. The highest BCUT2D eigenvalue weighted by Gasteiger charge is 2.25. The summed E-state index contributed by atoms with van der Waals surface area (Å²) in [5.74, 6) is -0.805. The van der Waals surface area contributed by atoms with E-state index in [2.05, 4.69) is 46.6 Å². The van der Waals surface area contributed by atoms with Crippen LogP contribution in [0.15, 0.2) is 121 Å². The van der Waals surface area contributed by atoms with Gasteiger partial charge >= 0.3 is 5.97 Å². The molecule has 1 saturated heterocycles. The van der Waals surface area contributed by atoms with Crippen LogP contribution in [0.3, 0.4) is 0 Å². The molecule has 0 aromatic heterocycles. The summed E-state index contributed by atoms with van der Waals surface area (Å²) in [5, 5.41) is 38.0. The van der Waals surface area contributed by atoms with Gasteiger partial charge in [0.25, 0.3) is 5.91 Å². The van der Waals surface area contributed by atoms with Crippen molar-refractivity contribution in [3.63, 3.8) is 0 Å². The van der Waals surface area contributed by atoms with Gasteiger partial charge in [-0.25, -0.2) is 4.79 Å². The number of nitrogens with zero attached hydrogens (tertiary/aromatic N) is 2. The first kappa shape index (κ1) is 39.6. The molecule has 0 aliphatic carbocycles. The molecule has 0 saturated carbocycles. The van der Waals surface area contributed by atoms with Gasteiger partial charge in [-0.15, -0.1) is 0 Å². The van der Waals surface area contributed by atoms with Crippen LogP contribution in [-0.2, 0) is 16.0 Å². The highest BCUT2D eigenvalue weighted by molar-refractivity contribution is 5.95. The lowest BCUT2D eigenvalue weighted by Crippen LogP contribution is -2.49.